The van der Waals surface area contributed by atoms with Gasteiger partial charge in [0.05, 0.1) is 0 Å². The zero-order valence-electron chi connectivity index (χ0n) is 14.9. The summed E-state index contributed by atoms with van der Waals surface area (Å²) in [5, 5.41) is 2.69. The zero-order chi connectivity index (χ0) is 17.2. The summed E-state index contributed by atoms with van der Waals surface area (Å²) >= 11 is 0. The van der Waals surface area contributed by atoms with Crippen LogP contribution in [-0.4, -0.2) is 29.6 Å². The summed E-state index contributed by atoms with van der Waals surface area (Å²) in [4.78, 5) is 2.36. The third-order valence-electron chi connectivity index (χ3n) is 5.12. The van der Waals surface area contributed by atoms with E-state index in [9.17, 15) is 0 Å². The third-order valence-corrected chi connectivity index (χ3v) is 5.12. The zero-order valence-corrected chi connectivity index (χ0v) is 14.9. The van der Waals surface area contributed by atoms with Gasteiger partial charge in [0.15, 0.2) is 0 Å². The van der Waals surface area contributed by atoms with Crippen molar-refractivity contribution in [3.05, 3.63) is 72.8 Å². The minimum atomic E-state index is 1.01. The molecule has 126 valence electrons. The molecule has 4 aromatic rings. The highest BCUT2D eigenvalue weighted by molar-refractivity contribution is 6.09. The molecule has 25 heavy (non-hydrogen) atoms. The molecule has 3 aromatic carbocycles. The lowest BCUT2D eigenvalue weighted by Gasteiger charge is -2.15. The fourth-order valence-corrected chi connectivity index (χ4v) is 3.53. The van der Waals surface area contributed by atoms with Gasteiger partial charge in [-0.2, -0.15) is 0 Å². The summed E-state index contributed by atoms with van der Waals surface area (Å²) in [7, 11) is 2.18. The van der Waals surface area contributed by atoms with E-state index in [1.54, 1.807) is 0 Å². The molecule has 2 nitrogen and oxygen atoms in total. The largest absolute Gasteiger partial charge is 0.339 e. The lowest BCUT2D eigenvalue weighted by atomic mass is 10.0. The fourth-order valence-electron chi connectivity index (χ4n) is 3.53. The standard InChI is InChI=1S/C23H24N2/c1-3-24(2)15-16-25-22-12-8-7-11-20(22)21-17-19(13-14-23(21)25)18-9-5-4-6-10-18/h4-14,17H,3,15-16H2,1-2H3. The predicted octanol–water partition coefficient (Wildman–Crippen LogP) is 5.41. The first-order valence-corrected chi connectivity index (χ1v) is 9.03. The van der Waals surface area contributed by atoms with Gasteiger partial charge in [0.25, 0.3) is 0 Å². The number of likely N-dealkylation sites (N-methyl/N-ethyl adjacent to an activating group) is 1. The van der Waals surface area contributed by atoms with Crippen molar-refractivity contribution >= 4 is 21.8 Å². The van der Waals surface area contributed by atoms with Crippen molar-refractivity contribution in [3.63, 3.8) is 0 Å². The fraction of sp³-hybridized carbons (Fsp3) is 0.217. The van der Waals surface area contributed by atoms with Crippen molar-refractivity contribution in [3.8, 4) is 11.1 Å². The van der Waals surface area contributed by atoms with E-state index < -0.39 is 0 Å². The second-order valence-corrected chi connectivity index (χ2v) is 6.66. The van der Waals surface area contributed by atoms with E-state index in [4.69, 9.17) is 0 Å². The van der Waals surface area contributed by atoms with Gasteiger partial charge in [-0.05, 0) is 42.9 Å². The number of hydrogen-bond donors (Lipinski definition) is 0. The van der Waals surface area contributed by atoms with E-state index in [1.807, 2.05) is 0 Å². The molecule has 0 radical (unpaired) electrons. The Kier molecular flexibility index (Phi) is 4.29. The van der Waals surface area contributed by atoms with Crippen LogP contribution in [0.1, 0.15) is 6.92 Å². The first kappa shape index (κ1) is 15.9. The Morgan fingerprint density at radius 1 is 0.760 bits per heavy atom. The quantitative estimate of drug-likeness (QED) is 0.475. The van der Waals surface area contributed by atoms with Gasteiger partial charge in [0.2, 0.25) is 0 Å². The Morgan fingerprint density at radius 3 is 2.28 bits per heavy atom. The van der Waals surface area contributed by atoms with Crippen molar-refractivity contribution < 1.29 is 0 Å². The van der Waals surface area contributed by atoms with E-state index in [1.165, 1.54) is 32.9 Å². The lowest BCUT2D eigenvalue weighted by Crippen LogP contribution is -2.22. The third kappa shape index (κ3) is 2.94. The van der Waals surface area contributed by atoms with Gasteiger partial charge in [-0.15, -0.1) is 0 Å². The second-order valence-electron chi connectivity index (χ2n) is 6.66. The summed E-state index contributed by atoms with van der Waals surface area (Å²) in [6.07, 6.45) is 0. The predicted molar refractivity (Wildman–Crippen MR) is 108 cm³/mol. The smallest absolute Gasteiger partial charge is 0.0492 e. The monoisotopic (exact) mass is 328 g/mol. The number of fused-ring (bicyclic) bond motifs is 3. The second kappa shape index (κ2) is 6.73. The Balaban J connectivity index is 1.87. The van der Waals surface area contributed by atoms with Gasteiger partial charge >= 0.3 is 0 Å². The molecule has 0 atom stereocenters. The number of aromatic nitrogens is 1. The number of nitrogens with zero attached hydrogens (tertiary/aromatic N) is 2. The molecule has 1 aromatic heterocycles. The number of para-hydroxylation sites is 1. The van der Waals surface area contributed by atoms with Crippen molar-refractivity contribution in [2.24, 2.45) is 0 Å². The van der Waals surface area contributed by atoms with Gasteiger partial charge in [-0.3, -0.25) is 0 Å². The highest BCUT2D eigenvalue weighted by Gasteiger charge is 2.11. The first-order chi connectivity index (χ1) is 12.3. The first-order valence-electron chi connectivity index (χ1n) is 9.03. The minimum absolute atomic E-state index is 1.01. The Morgan fingerprint density at radius 2 is 1.48 bits per heavy atom. The van der Waals surface area contributed by atoms with Crippen LogP contribution in [0.3, 0.4) is 0 Å². The molecule has 0 fully saturated rings. The molecule has 0 spiro atoms. The molecule has 0 saturated carbocycles. The van der Waals surface area contributed by atoms with Crippen molar-refractivity contribution in [2.45, 2.75) is 13.5 Å². The average Bonchev–Trinajstić information content (AvgIpc) is 3.00. The normalized spacial score (nSPS) is 11.6. The van der Waals surface area contributed by atoms with Crippen LogP contribution in [0.5, 0.6) is 0 Å². The maximum atomic E-state index is 2.46. The van der Waals surface area contributed by atoms with Crippen LogP contribution in [0.25, 0.3) is 32.9 Å². The molecule has 4 rings (SSSR count). The lowest BCUT2D eigenvalue weighted by molar-refractivity contribution is 0.339. The summed E-state index contributed by atoms with van der Waals surface area (Å²) in [5.74, 6) is 0. The molecular weight excluding hydrogens is 304 g/mol. The number of hydrogen-bond acceptors (Lipinski definition) is 1. The molecule has 0 aliphatic carbocycles. The Bertz CT molecular complexity index is 999. The summed E-state index contributed by atoms with van der Waals surface area (Å²) in [6.45, 7) is 5.36. The molecule has 0 aliphatic heterocycles. The Hall–Kier alpha value is -2.58. The van der Waals surface area contributed by atoms with Crippen molar-refractivity contribution in [1.29, 1.82) is 0 Å². The highest BCUT2D eigenvalue weighted by atomic mass is 15.1. The van der Waals surface area contributed by atoms with Crippen LogP contribution < -0.4 is 0 Å². The molecule has 0 unspecified atom stereocenters. The van der Waals surface area contributed by atoms with Crippen LogP contribution in [0.2, 0.25) is 0 Å². The molecule has 1 heterocycles. The van der Waals surface area contributed by atoms with E-state index in [0.29, 0.717) is 0 Å². The minimum Gasteiger partial charge on any atom is -0.339 e. The molecule has 0 amide bonds. The van der Waals surface area contributed by atoms with E-state index in [2.05, 4.69) is 96.2 Å². The summed E-state index contributed by atoms with van der Waals surface area (Å²) < 4.78 is 2.46. The molecule has 0 aliphatic rings. The van der Waals surface area contributed by atoms with Crippen LogP contribution in [-0.2, 0) is 6.54 Å². The van der Waals surface area contributed by atoms with E-state index >= 15 is 0 Å². The SMILES string of the molecule is CCN(C)CCn1c2ccccc2c2cc(-c3ccccc3)ccc21. The summed E-state index contributed by atoms with van der Waals surface area (Å²) in [5.41, 5.74) is 5.20. The van der Waals surface area contributed by atoms with Gasteiger partial charge in [-0.1, -0.05) is 61.5 Å². The molecule has 0 saturated heterocycles. The topological polar surface area (TPSA) is 8.17 Å². The number of benzene rings is 3. The maximum Gasteiger partial charge on any atom is 0.0492 e. The van der Waals surface area contributed by atoms with Crippen molar-refractivity contribution in [2.75, 3.05) is 20.1 Å². The maximum absolute atomic E-state index is 2.46. The van der Waals surface area contributed by atoms with Crippen LogP contribution in [0.15, 0.2) is 72.8 Å². The van der Waals surface area contributed by atoms with Crippen LogP contribution >= 0.6 is 0 Å². The van der Waals surface area contributed by atoms with Crippen LogP contribution in [0, 0.1) is 0 Å². The molecule has 0 bridgehead atoms. The molecule has 0 N–H and O–H groups in total. The van der Waals surface area contributed by atoms with E-state index in [0.717, 1.165) is 19.6 Å². The van der Waals surface area contributed by atoms with Crippen molar-refractivity contribution in [1.82, 2.24) is 9.47 Å². The highest BCUT2D eigenvalue weighted by Crippen LogP contribution is 2.32. The number of rotatable bonds is 5. The Labute approximate surface area is 149 Å². The van der Waals surface area contributed by atoms with Gasteiger partial charge in [-0.25, -0.2) is 0 Å². The van der Waals surface area contributed by atoms with Gasteiger partial charge in [0, 0.05) is 34.9 Å². The average molecular weight is 328 g/mol. The molecular formula is C23H24N2. The van der Waals surface area contributed by atoms with E-state index in [-0.39, 0.29) is 0 Å². The van der Waals surface area contributed by atoms with Gasteiger partial charge in [0.1, 0.15) is 0 Å². The molecule has 2 heteroatoms. The van der Waals surface area contributed by atoms with Crippen LogP contribution in [0.4, 0.5) is 0 Å². The summed E-state index contributed by atoms with van der Waals surface area (Å²) in [6, 6.07) is 26.3. The van der Waals surface area contributed by atoms with Gasteiger partial charge < -0.3 is 9.47 Å².